The molecule has 0 radical (unpaired) electrons. The summed E-state index contributed by atoms with van der Waals surface area (Å²) in [6, 6.07) is 11.4. The van der Waals surface area contributed by atoms with Crippen LogP contribution in [0.25, 0.3) is 22.8 Å². The second-order valence-corrected chi connectivity index (χ2v) is 10.1. The molecule has 1 saturated heterocycles. The van der Waals surface area contributed by atoms with E-state index in [1.165, 1.54) is 0 Å². The van der Waals surface area contributed by atoms with E-state index in [1.807, 2.05) is 36.4 Å². The zero-order chi connectivity index (χ0) is 31.1. The molecule has 2 aromatic carbocycles. The van der Waals surface area contributed by atoms with Gasteiger partial charge in [0, 0.05) is 62.8 Å². The Balaban J connectivity index is 1.22. The topological polar surface area (TPSA) is 113 Å². The molecule has 1 aliphatic heterocycles. The first-order chi connectivity index (χ1) is 21.5. The van der Waals surface area contributed by atoms with Crippen LogP contribution in [0, 0.1) is 0 Å². The van der Waals surface area contributed by atoms with Crippen molar-refractivity contribution in [1.82, 2.24) is 29.7 Å². The van der Waals surface area contributed by atoms with Crippen LogP contribution in [0.15, 0.2) is 48.8 Å². The Morgan fingerprint density at radius 3 is 1.16 bits per heavy atom. The molecule has 1 fully saturated rings. The number of piperazine rings is 1. The van der Waals surface area contributed by atoms with E-state index in [4.69, 9.17) is 38.4 Å². The molecule has 44 heavy (non-hydrogen) atoms. The summed E-state index contributed by atoms with van der Waals surface area (Å²) in [5, 5.41) is 0. The minimum atomic E-state index is 0.534. The van der Waals surface area contributed by atoms with Crippen LogP contribution in [-0.4, -0.2) is 98.6 Å². The highest BCUT2D eigenvalue weighted by atomic mass is 16.5. The third-order valence-electron chi connectivity index (χ3n) is 7.51. The van der Waals surface area contributed by atoms with Crippen LogP contribution >= 0.6 is 0 Å². The summed E-state index contributed by atoms with van der Waals surface area (Å²) < 4.78 is 32.9. The van der Waals surface area contributed by atoms with E-state index in [0.717, 1.165) is 61.8 Å². The summed E-state index contributed by atoms with van der Waals surface area (Å²) in [7, 11) is 9.54. The highest BCUT2D eigenvalue weighted by Gasteiger charge is 2.21. The minimum Gasteiger partial charge on any atom is -0.493 e. The molecule has 0 saturated carbocycles. The van der Waals surface area contributed by atoms with Gasteiger partial charge in [0.1, 0.15) is 0 Å². The van der Waals surface area contributed by atoms with E-state index >= 15 is 0 Å². The summed E-state index contributed by atoms with van der Waals surface area (Å²) in [5.74, 6) is 4.52. The number of rotatable bonds is 12. The fourth-order valence-corrected chi connectivity index (χ4v) is 5.23. The van der Waals surface area contributed by atoms with Crippen molar-refractivity contribution < 1.29 is 28.4 Å². The molecule has 5 rings (SSSR count). The van der Waals surface area contributed by atoms with Gasteiger partial charge in [0.05, 0.1) is 54.0 Å². The number of methoxy groups -OCH3 is 6. The van der Waals surface area contributed by atoms with E-state index in [9.17, 15) is 0 Å². The minimum absolute atomic E-state index is 0.534. The SMILES string of the molecule is COc1cc(-c2nccc(CN3CCN(Cc4ccnc(-c5cc(OC)c(OC)c(OC)c5)n4)CC3)n2)cc(OC)c1OC. The van der Waals surface area contributed by atoms with Gasteiger partial charge in [0.15, 0.2) is 34.6 Å². The standard InChI is InChI=1S/C32H38N6O6/c1-39-25-15-21(16-26(40-2)29(25)43-5)31-33-9-7-23(35-31)19-37-11-13-38(14-12-37)20-24-8-10-34-32(36-24)22-17-27(41-3)30(44-6)28(18-22)42-4/h7-10,15-18H,11-14,19-20H2,1-6H3. The maximum Gasteiger partial charge on any atom is 0.203 e. The molecular weight excluding hydrogens is 564 g/mol. The van der Waals surface area contributed by atoms with Gasteiger partial charge in [-0.25, -0.2) is 19.9 Å². The molecule has 232 valence electrons. The molecule has 0 unspecified atom stereocenters. The molecule has 0 N–H and O–H groups in total. The first-order valence-corrected chi connectivity index (χ1v) is 14.2. The quantitative estimate of drug-likeness (QED) is 0.234. The predicted octanol–water partition coefficient (Wildman–Crippen LogP) is 3.97. The zero-order valence-electron chi connectivity index (χ0n) is 26.0. The smallest absolute Gasteiger partial charge is 0.203 e. The van der Waals surface area contributed by atoms with Gasteiger partial charge in [0.25, 0.3) is 0 Å². The third kappa shape index (κ3) is 6.76. The normalized spacial score (nSPS) is 13.8. The van der Waals surface area contributed by atoms with Crippen molar-refractivity contribution in [3.63, 3.8) is 0 Å². The Labute approximate surface area is 257 Å². The number of hydrogen-bond acceptors (Lipinski definition) is 12. The lowest BCUT2D eigenvalue weighted by atomic mass is 10.1. The lowest BCUT2D eigenvalue weighted by Crippen LogP contribution is -2.45. The van der Waals surface area contributed by atoms with Crippen molar-refractivity contribution in [3.8, 4) is 57.3 Å². The van der Waals surface area contributed by atoms with E-state index in [-0.39, 0.29) is 0 Å². The predicted molar refractivity (Wildman–Crippen MR) is 165 cm³/mol. The molecule has 0 atom stereocenters. The zero-order valence-corrected chi connectivity index (χ0v) is 26.0. The Morgan fingerprint density at radius 1 is 0.523 bits per heavy atom. The molecule has 3 heterocycles. The molecule has 1 aliphatic rings. The van der Waals surface area contributed by atoms with Gasteiger partial charge < -0.3 is 28.4 Å². The Kier molecular flexibility index (Phi) is 9.93. The van der Waals surface area contributed by atoms with Crippen molar-refractivity contribution in [2.75, 3.05) is 68.8 Å². The van der Waals surface area contributed by atoms with Crippen molar-refractivity contribution >= 4 is 0 Å². The molecule has 2 aromatic heterocycles. The van der Waals surface area contributed by atoms with Crippen LogP contribution in [0.1, 0.15) is 11.4 Å². The van der Waals surface area contributed by atoms with Crippen molar-refractivity contribution in [3.05, 3.63) is 60.2 Å². The van der Waals surface area contributed by atoms with Crippen LogP contribution in [0.2, 0.25) is 0 Å². The average Bonchev–Trinajstić information content (AvgIpc) is 3.07. The fraction of sp³-hybridized carbons (Fsp3) is 0.375. The number of benzene rings is 2. The summed E-state index contributed by atoms with van der Waals surface area (Å²) in [6.45, 7) is 5.10. The van der Waals surface area contributed by atoms with Gasteiger partial charge in [-0.1, -0.05) is 0 Å². The maximum absolute atomic E-state index is 5.51. The molecule has 12 heteroatoms. The lowest BCUT2D eigenvalue weighted by Gasteiger charge is -2.34. The molecular formula is C32H38N6O6. The first kappa shape index (κ1) is 30.8. The lowest BCUT2D eigenvalue weighted by molar-refractivity contribution is 0.120. The molecule has 4 aromatic rings. The third-order valence-corrected chi connectivity index (χ3v) is 7.51. The van der Waals surface area contributed by atoms with Crippen molar-refractivity contribution in [2.45, 2.75) is 13.1 Å². The number of hydrogen-bond donors (Lipinski definition) is 0. The monoisotopic (exact) mass is 602 g/mol. The van der Waals surface area contributed by atoms with E-state index < -0.39 is 0 Å². The average molecular weight is 603 g/mol. The van der Waals surface area contributed by atoms with E-state index in [2.05, 4.69) is 19.8 Å². The summed E-state index contributed by atoms with van der Waals surface area (Å²) in [5.41, 5.74) is 3.48. The maximum atomic E-state index is 5.51. The van der Waals surface area contributed by atoms with Gasteiger partial charge in [0.2, 0.25) is 11.5 Å². The highest BCUT2D eigenvalue weighted by Crippen LogP contribution is 2.41. The van der Waals surface area contributed by atoms with Crippen LogP contribution in [0.5, 0.6) is 34.5 Å². The fourth-order valence-electron chi connectivity index (χ4n) is 5.23. The van der Waals surface area contributed by atoms with Gasteiger partial charge in [-0.3, -0.25) is 9.80 Å². The number of aromatic nitrogens is 4. The number of ether oxygens (including phenoxy) is 6. The molecule has 12 nitrogen and oxygen atoms in total. The highest BCUT2D eigenvalue weighted by molar-refractivity contribution is 5.67. The Morgan fingerprint density at radius 2 is 0.864 bits per heavy atom. The molecule has 0 aliphatic carbocycles. The van der Waals surface area contributed by atoms with Gasteiger partial charge in [-0.15, -0.1) is 0 Å². The van der Waals surface area contributed by atoms with Crippen molar-refractivity contribution in [1.29, 1.82) is 0 Å². The molecule has 0 amide bonds. The molecule has 0 bridgehead atoms. The van der Waals surface area contributed by atoms with Gasteiger partial charge in [-0.2, -0.15) is 0 Å². The molecule has 0 spiro atoms. The summed E-state index contributed by atoms with van der Waals surface area (Å²) in [4.78, 5) is 23.5. The summed E-state index contributed by atoms with van der Waals surface area (Å²) in [6.07, 6.45) is 3.58. The first-order valence-electron chi connectivity index (χ1n) is 14.2. The van der Waals surface area contributed by atoms with Gasteiger partial charge >= 0.3 is 0 Å². The number of nitrogens with zero attached hydrogens (tertiary/aromatic N) is 6. The Bertz CT molecular complexity index is 1410. The van der Waals surface area contributed by atoms with Gasteiger partial charge in [-0.05, 0) is 36.4 Å². The second kappa shape index (κ2) is 14.2. The van der Waals surface area contributed by atoms with Crippen LogP contribution in [0.4, 0.5) is 0 Å². The van der Waals surface area contributed by atoms with E-state index in [0.29, 0.717) is 46.1 Å². The van der Waals surface area contributed by atoms with Crippen LogP contribution in [-0.2, 0) is 13.1 Å². The second-order valence-electron chi connectivity index (χ2n) is 10.1. The van der Waals surface area contributed by atoms with Crippen LogP contribution < -0.4 is 28.4 Å². The van der Waals surface area contributed by atoms with Crippen molar-refractivity contribution in [2.24, 2.45) is 0 Å². The van der Waals surface area contributed by atoms with Crippen LogP contribution in [0.3, 0.4) is 0 Å². The summed E-state index contributed by atoms with van der Waals surface area (Å²) >= 11 is 0. The largest absolute Gasteiger partial charge is 0.493 e. The van der Waals surface area contributed by atoms with E-state index in [1.54, 1.807) is 55.1 Å². The Hall–Kier alpha value is -4.68.